The zero-order chi connectivity index (χ0) is 10.1. The molecule has 1 aliphatic rings. The molecule has 3 heteroatoms. The maximum Gasteiger partial charge on any atom is 0.220 e. The highest BCUT2D eigenvalue weighted by Crippen LogP contribution is 2.28. The van der Waals surface area contributed by atoms with Crippen LogP contribution >= 0.6 is 0 Å². The third kappa shape index (κ3) is 1.45. The zero-order valence-corrected chi connectivity index (χ0v) is 7.99. The number of rotatable bonds is 1. The minimum atomic E-state index is -0.196. The quantitative estimate of drug-likeness (QED) is 0.645. The molecule has 1 aromatic rings. The maximum atomic E-state index is 11.0. The van der Waals surface area contributed by atoms with Crippen LogP contribution in [0.3, 0.4) is 0 Å². The fraction of sp³-hybridized carbons (Fsp3) is 0.364. The van der Waals surface area contributed by atoms with Gasteiger partial charge in [-0.15, -0.1) is 0 Å². The predicted molar refractivity (Wildman–Crippen MR) is 55.6 cm³/mol. The molecular weight excluding hydrogens is 176 g/mol. The van der Waals surface area contributed by atoms with Gasteiger partial charge in [-0.25, -0.2) is 0 Å². The van der Waals surface area contributed by atoms with Gasteiger partial charge >= 0.3 is 0 Å². The average Bonchev–Trinajstić information content (AvgIpc) is 2.17. The molecule has 1 amide bonds. The molecule has 14 heavy (non-hydrogen) atoms. The van der Waals surface area contributed by atoms with Gasteiger partial charge in [0.2, 0.25) is 5.91 Å². The van der Waals surface area contributed by atoms with E-state index in [4.69, 9.17) is 11.5 Å². The zero-order valence-electron chi connectivity index (χ0n) is 7.99. The molecule has 0 aliphatic heterocycles. The topological polar surface area (TPSA) is 69.1 Å². The summed E-state index contributed by atoms with van der Waals surface area (Å²) in [5.41, 5.74) is 14.4. The lowest BCUT2D eigenvalue weighted by Crippen LogP contribution is -2.28. The van der Waals surface area contributed by atoms with Crippen LogP contribution in [-0.2, 0) is 17.6 Å². The lowest BCUT2D eigenvalue weighted by atomic mass is 9.83. The molecule has 0 saturated carbocycles. The van der Waals surface area contributed by atoms with E-state index in [2.05, 4.69) is 0 Å². The number of nitrogen functional groups attached to an aromatic ring is 1. The van der Waals surface area contributed by atoms with Gasteiger partial charge in [0.15, 0.2) is 0 Å². The van der Waals surface area contributed by atoms with Crippen LogP contribution in [0.15, 0.2) is 18.2 Å². The van der Waals surface area contributed by atoms with Crippen LogP contribution in [0.4, 0.5) is 5.69 Å². The molecule has 74 valence electrons. The van der Waals surface area contributed by atoms with Crippen molar-refractivity contribution in [3.63, 3.8) is 0 Å². The van der Waals surface area contributed by atoms with Gasteiger partial charge in [-0.1, -0.05) is 12.1 Å². The number of hydrogen-bond donors (Lipinski definition) is 2. The molecule has 0 saturated heterocycles. The van der Waals surface area contributed by atoms with E-state index in [-0.39, 0.29) is 11.8 Å². The first-order valence-electron chi connectivity index (χ1n) is 4.84. The second-order valence-electron chi connectivity index (χ2n) is 3.83. The van der Waals surface area contributed by atoms with Gasteiger partial charge in [-0.3, -0.25) is 4.79 Å². The van der Waals surface area contributed by atoms with Crippen LogP contribution in [0, 0.1) is 5.92 Å². The summed E-state index contributed by atoms with van der Waals surface area (Å²) in [6.45, 7) is 0. The Bertz CT molecular complexity index is 374. The molecule has 3 nitrogen and oxygen atoms in total. The summed E-state index contributed by atoms with van der Waals surface area (Å²) in [4.78, 5) is 11.0. The number of benzene rings is 1. The van der Waals surface area contributed by atoms with Crippen molar-refractivity contribution in [2.24, 2.45) is 11.7 Å². The van der Waals surface area contributed by atoms with E-state index in [1.807, 2.05) is 18.2 Å². The van der Waals surface area contributed by atoms with Gasteiger partial charge in [-0.2, -0.15) is 0 Å². The summed E-state index contributed by atoms with van der Waals surface area (Å²) < 4.78 is 0. The van der Waals surface area contributed by atoms with E-state index >= 15 is 0 Å². The molecule has 1 atom stereocenters. The molecule has 1 aliphatic carbocycles. The maximum absolute atomic E-state index is 11.0. The van der Waals surface area contributed by atoms with Gasteiger partial charge in [-0.05, 0) is 36.5 Å². The molecule has 0 aromatic heterocycles. The van der Waals surface area contributed by atoms with E-state index in [0.29, 0.717) is 0 Å². The number of hydrogen-bond acceptors (Lipinski definition) is 2. The van der Waals surface area contributed by atoms with Crippen LogP contribution in [0.5, 0.6) is 0 Å². The van der Waals surface area contributed by atoms with Crippen LogP contribution < -0.4 is 11.5 Å². The second kappa shape index (κ2) is 3.33. The van der Waals surface area contributed by atoms with Crippen molar-refractivity contribution in [2.75, 3.05) is 5.73 Å². The van der Waals surface area contributed by atoms with Gasteiger partial charge in [0.05, 0.1) is 0 Å². The summed E-state index contributed by atoms with van der Waals surface area (Å²) in [5.74, 6) is -0.206. The number of carbonyl (C=O) groups excluding carboxylic acids is 1. The lowest BCUT2D eigenvalue weighted by Gasteiger charge is -2.23. The molecule has 1 unspecified atom stereocenters. The van der Waals surface area contributed by atoms with E-state index in [9.17, 15) is 4.79 Å². The van der Waals surface area contributed by atoms with Crippen molar-refractivity contribution in [1.29, 1.82) is 0 Å². The van der Waals surface area contributed by atoms with E-state index < -0.39 is 0 Å². The molecule has 2 rings (SSSR count). The SMILES string of the molecule is NC(=O)C1CCc2c(N)cccc2C1. The van der Waals surface area contributed by atoms with Crippen molar-refractivity contribution in [3.05, 3.63) is 29.3 Å². The Kier molecular flexibility index (Phi) is 2.15. The molecule has 4 N–H and O–H groups in total. The Hall–Kier alpha value is -1.51. The van der Waals surface area contributed by atoms with E-state index in [1.54, 1.807) is 0 Å². The van der Waals surface area contributed by atoms with Gasteiger partial charge in [0, 0.05) is 11.6 Å². The van der Waals surface area contributed by atoms with Crippen LogP contribution in [0.2, 0.25) is 0 Å². The van der Waals surface area contributed by atoms with Crippen molar-refractivity contribution in [2.45, 2.75) is 19.3 Å². The fourth-order valence-corrected chi connectivity index (χ4v) is 2.08. The van der Waals surface area contributed by atoms with E-state index in [1.165, 1.54) is 11.1 Å². The summed E-state index contributed by atoms with van der Waals surface area (Å²) in [6, 6.07) is 5.86. The minimum Gasteiger partial charge on any atom is -0.398 e. The number of amides is 1. The molecule has 1 aromatic carbocycles. The number of primary amides is 1. The van der Waals surface area contributed by atoms with Crippen LogP contribution in [0.25, 0.3) is 0 Å². The second-order valence-corrected chi connectivity index (χ2v) is 3.83. The molecular formula is C11H14N2O. The van der Waals surface area contributed by atoms with Gasteiger partial charge < -0.3 is 11.5 Å². The highest BCUT2D eigenvalue weighted by atomic mass is 16.1. The van der Waals surface area contributed by atoms with Crippen molar-refractivity contribution in [3.8, 4) is 0 Å². The number of carbonyl (C=O) groups is 1. The smallest absolute Gasteiger partial charge is 0.220 e. The number of fused-ring (bicyclic) bond motifs is 1. The Balaban J connectivity index is 2.31. The fourth-order valence-electron chi connectivity index (χ4n) is 2.08. The van der Waals surface area contributed by atoms with Crippen molar-refractivity contribution in [1.82, 2.24) is 0 Å². The molecule has 0 spiro atoms. The molecule has 0 bridgehead atoms. The summed E-state index contributed by atoms with van der Waals surface area (Å²) in [7, 11) is 0. The molecule has 0 heterocycles. The summed E-state index contributed by atoms with van der Waals surface area (Å²) >= 11 is 0. The third-order valence-corrected chi connectivity index (χ3v) is 2.92. The lowest BCUT2D eigenvalue weighted by molar-refractivity contribution is -0.122. The largest absolute Gasteiger partial charge is 0.398 e. The van der Waals surface area contributed by atoms with Crippen molar-refractivity contribution < 1.29 is 4.79 Å². The Morgan fingerprint density at radius 3 is 2.93 bits per heavy atom. The minimum absolute atomic E-state index is 0.00991. The monoisotopic (exact) mass is 190 g/mol. The van der Waals surface area contributed by atoms with Gasteiger partial charge in [0.1, 0.15) is 0 Å². The highest BCUT2D eigenvalue weighted by Gasteiger charge is 2.23. The Labute approximate surface area is 83.1 Å². The average molecular weight is 190 g/mol. The number of anilines is 1. The first kappa shape index (κ1) is 9.06. The third-order valence-electron chi connectivity index (χ3n) is 2.92. The number of nitrogens with two attached hydrogens (primary N) is 2. The molecule has 0 radical (unpaired) electrons. The normalized spacial score (nSPS) is 20.1. The van der Waals surface area contributed by atoms with Crippen molar-refractivity contribution >= 4 is 11.6 Å². The summed E-state index contributed by atoms with van der Waals surface area (Å²) in [5, 5.41) is 0. The van der Waals surface area contributed by atoms with Crippen LogP contribution in [-0.4, -0.2) is 5.91 Å². The van der Waals surface area contributed by atoms with Crippen LogP contribution in [0.1, 0.15) is 17.5 Å². The summed E-state index contributed by atoms with van der Waals surface area (Å²) in [6.07, 6.45) is 2.45. The molecule has 0 fully saturated rings. The first-order chi connectivity index (χ1) is 6.68. The Morgan fingerprint density at radius 1 is 1.43 bits per heavy atom. The Morgan fingerprint density at radius 2 is 2.21 bits per heavy atom. The standard InChI is InChI=1S/C11H14N2O/c12-10-3-1-2-7-6-8(11(13)14)4-5-9(7)10/h1-3,8H,4-6,12H2,(H2,13,14). The van der Waals surface area contributed by atoms with E-state index in [0.717, 1.165) is 24.9 Å². The predicted octanol–water partition coefficient (Wildman–Crippen LogP) is 0.859. The highest BCUT2D eigenvalue weighted by molar-refractivity contribution is 5.77. The first-order valence-corrected chi connectivity index (χ1v) is 4.84. The van der Waals surface area contributed by atoms with Gasteiger partial charge in [0.25, 0.3) is 0 Å².